The molecule has 0 atom stereocenters. The van der Waals surface area contributed by atoms with Gasteiger partial charge in [0.1, 0.15) is 5.78 Å². The number of aromatic nitrogens is 2. The molecule has 1 saturated carbocycles. The number of nitrogens with zero attached hydrogens (tertiary/aromatic N) is 2. The number of carbonyl (C=O) groups excluding carboxylic acids is 1. The van der Waals surface area contributed by atoms with Gasteiger partial charge in [-0.3, -0.25) is 9.48 Å². The molecule has 0 spiro atoms. The molecule has 0 N–H and O–H groups in total. The molecular formula is C17H19BrN2O. The van der Waals surface area contributed by atoms with Crippen molar-refractivity contribution < 1.29 is 4.79 Å². The van der Waals surface area contributed by atoms with E-state index in [1.807, 2.05) is 29.8 Å². The van der Waals surface area contributed by atoms with E-state index >= 15 is 0 Å². The highest BCUT2D eigenvalue weighted by Gasteiger charge is 2.50. The summed E-state index contributed by atoms with van der Waals surface area (Å²) in [6, 6.07) is 10.2. The van der Waals surface area contributed by atoms with Crippen LogP contribution in [0.1, 0.15) is 36.7 Å². The minimum Gasteiger partial charge on any atom is -0.298 e. The van der Waals surface area contributed by atoms with Crippen molar-refractivity contribution in [2.45, 2.75) is 45.1 Å². The van der Waals surface area contributed by atoms with Gasteiger partial charge in [0.15, 0.2) is 0 Å². The van der Waals surface area contributed by atoms with Crippen molar-refractivity contribution in [3.05, 3.63) is 51.8 Å². The Kier molecular flexibility index (Phi) is 3.74. The standard InChI is InChI=1S/C17H19BrN2O/c1-3-20-14(16(18)12(2)19-20)11-15(21)17(9-10-17)13-7-5-4-6-8-13/h4-8H,3,9-11H2,1-2H3. The van der Waals surface area contributed by atoms with E-state index in [0.717, 1.165) is 40.8 Å². The van der Waals surface area contributed by atoms with Crippen LogP contribution >= 0.6 is 15.9 Å². The minimum atomic E-state index is -0.253. The van der Waals surface area contributed by atoms with Crippen molar-refractivity contribution >= 4 is 21.7 Å². The molecule has 1 aromatic heterocycles. The molecule has 4 heteroatoms. The predicted molar refractivity (Wildman–Crippen MR) is 86.4 cm³/mol. The van der Waals surface area contributed by atoms with Crippen molar-refractivity contribution in [3.63, 3.8) is 0 Å². The van der Waals surface area contributed by atoms with Crippen molar-refractivity contribution in [1.82, 2.24) is 9.78 Å². The van der Waals surface area contributed by atoms with Gasteiger partial charge in [0, 0.05) is 6.54 Å². The van der Waals surface area contributed by atoms with Crippen LogP contribution in [0.4, 0.5) is 0 Å². The lowest BCUT2D eigenvalue weighted by Gasteiger charge is -2.15. The summed E-state index contributed by atoms with van der Waals surface area (Å²) in [6.45, 7) is 4.80. The molecule has 0 unspecified atom stereocenters. The highest BCUT2D eigenvalue weighted by atomic mass is 79.9. The second-order valence-corrected chi connectivity index (χ2v) is 6.50. The Morgan fingerprint density at radius 3 is 2.57 bits per heavy atom. The molecule has 1 aromatic carbocycles. The van der Waals surface area contributed by atoms with Crippen molar-refractivity contribution in [2.24, 2.45) is 0 Å². The van der Waals surface area contributed by atoms with Gasteiger partial charge >= 0.3 is 0 Å². The first-order valence-corrected chi connectivity index (χ1v) is 8.18. The van der Waals surface area contributed by atoms with Gasteiger partial charge in [-0.05, 0) is 48.2 Å². The van der Waals surface area contributed by atoms with Crippen molar-refractivity contribution in [3.8, 4) is 0 Å². The largest absolute Gasteiger partial charge is 0.298 e. The summed E-state index contributed by atoms with van der Waals surface area (Å²) in [5.41, 5.74) is 2.86. The van der Waals surface area contributed by atoms with Crippen LogP contribution in [0.2, 0.25) is 0 Å². The van der Waals surface area contributed by atoms with Crippen LogP contribution in [0.5, 0.6) is 0 Å². The fourth-order valence-corrected chi connectivity index (χ4v) is 3.39. The van der Waals surface area contributed by atoms with E-state index < -0.39 is 0 Å². The molecule has 1 fully saturated rings. The monoisotopic (exact) mass is 346 g/mol. The topological polar surface area (TPSA) is 34.9 Å². The zero-order valence-corrected chi connectivity index (χ0v) is 14.0. The second kappa shape index (κ2) is 5.41. The third-order valence-electron chi connectivity index (χ3n) is 4.39. The van der Waals surface area contributed by atoms with Gasteiger partial charge in [0.2, 0.25) is 0 Å². The third-order valence-corrected chi connectivity index (χ3v) is 5.42. The number of aryl methyl sites for hydroxylation is 2. The number of halogens is 1. The van der Waals surface area contributed by atoms with Gasteiger partial charge in [-0.1, -0.05) is 30.3 Å². The zero-order valence-electron chi connectivity index (χ0n) is 12.4. The minimum absolute atomic E-state index is 0.253. The lowest BCUT2D eigenvalue weighted by molar-refractivity contribution is -0.120. The highest BCUT2D eigenvalue weighted by Crippen LogP contribution is 2.49. The first-order valence-electron chi connectivity index (χ1n) is 7.39. The number of hydrogen-bond donors (Lipinski definition) is 0. The Labute approximate surface area is 133 Å². The summed E-state index contributed by atoms with van der Waals surface area (Å²) in [5.74, 6) is 0.309. The van der Waals surface area contributed by atoms with Gasteiger partial charge in [-0.2, -0.15) is 5.10 Å². The number of Topliss-reactive ketones (excluding diaryl/α,β-unsaturated/α-hetero) is 1. The molecule has 0 bridgehead atoms. The average Bonchev–Trinajstić information content (AvgIpc) is 3.27. The molecule has 21 heavy (non-hydrogen) atoms. The number of hydrogen-bond acceptors (Lipinski definition) is 2. The lowest BCUT2D eigenvalue weighted by Crippen LogP contribution is -2.24. The Morgan fingerprint density at radius 1 is 1.33 bits per heavy atom. The molecule has 0 aliphatic heterocycles. The van der Waals surface area contributed by atoms with Gasteiger partial charge < -0.3 is 0 Å². The van der Waals surface area contributed by atoms with Crippen LogP contribution in [-0.2, 0) is 23.2 Å². The number of benzene rings is 1. The summed E-state index contributed by atoms with van der Waals surface area (Å²) in [4.78, 5) is 12.9. The molecular weight excluding hydrogens is 328 g/mol. The number of rotatable bonds is 5. The Bertz CT molecular complexity index is 672. The van der Waals surface area contributed by atoms with Crippen LogP contribution in [0.15, 0.2) is 34.8 Å². The lowest BCUT2D eigenvalue weighted by atomic mass is 9.89. The SMILES string of the molecule is CCn1nc(C)c(Br)c1CC(=O)C1(c2ccccc2)CC1. The van der Waals surface area contributed by atoms with E-state index in [0.29, 0.717) is 12.2 Å². The van der Waals surface area contributed by atoms with Crippen LogP contribution < -0.4 is 0 Å². The predicted octanol–water partition coefficient (Wildman–Crippen LogP) is 3.82. The molecule has 1 heterocycles. The van der Waals surface area contributed by atoms with Crippen LogP contribution in [0, 0.1) is 6.92 Å². The van der Waals surface area contributed by atoms with E-state index in [4.69, 9.17) is 0 Å². The van der Waals surface area contributed by atoms with E-state index in [9.17, 15) is 4.79 Å². The van der Waals surface area contributed by atoms with Crippen LogP contribution in [-0.4, -0.2) is 15.6 Å². The number of ketones is 1. The molecule has 0 saturated heterocycles. The van der Waals surface area contributed by atoms with Crippen molar-refractivity contribution in [2.75, 3.05) is 0 Å². The van der Waals surface area contributed by atoms with Gasteiger partial charge in [0.25, 0.3) is 0 Å². The maximum Gasteiger partial charge on any atom is 0.149 e. The summed E-state index contributed by atoms with van der Waals surface area (Å²) >= 11 is 3.58. The second-order valence-electron chi connectivity index (χ2n) is 5.71. The van der Waals surface area contributed by atoms with E-state index in [2.05, 4.69) is 40.1 Å². The van der Waals surface area contributed by atoms with Crippen molar-refractivity contribution in [1.29, 1.82) is 0 Å². The molecule has 0 radical (unpaired) electrons. The van der Waals surface area contributed by atoms with E-state index in [1.165, 1.54) is 0 Å². The van der Waals surface area contributed by atoms with Gasteiger partial charge in [0.05, 0.1) is 27.7 Å². The van der Waals surface area contributed by atoms with E-state index in [1.54, 1.807) is 0 Å². The Morgan fingerprint density at radius 2 is 2.00 bits per heavy atom. The fourth-order valence-electron chi connectivity index (χ4n) is 2.97. The molecule has 3 rings (SSSR count). The first kappa shape index (κ1) is 14.5. The molecule has 2 aromatic rings. The van der Waals surface area contributed by atoms with Gasteiger partial charge in [-0.25, -0.2) is 0 Å². The normalized spacial score (nSPS) is 16.0. The first-order chi connectivity index (χ1) is 10.1. The molecule has 0 amide bonds. The Balaban J connectivity index is 1.88. The average molecular weight is 347 g/mol. The maximum atomic E-state index is 12.9. The highest BCUT2D eigenvalue weighted by molar-refractivity contribution is 9.10. The summed E-state index contributed by atoms with van der Waals surface area (Å²) in [6.07, 6.45) is 2.38. The maximum absolute atomic E-state index is 12.9. The Hall–Kier alpha value is -1.42. The van der Waals surface area contributed by atoms with Crippen LogP contribution in [0.3, 0.4) is 0 Å². The zero-order chi connectivity index (χ0) is 15.0. The van der Waals surface area contributed by atoms with E-state index in [-0.39, 0.29) is 5.41 Å². The summed E-state index contributed by atoms with van der Waals surface area (Å²) in [5, 5.41) is 4.47. The van der Waals surface area contributed by atoms with Crippen LogP contribution in [0.25, 0.3) is 0 Å². The molecule has 1 aliphatic carbocycles. The molecule has 3 nitrogen and oxygen atoms in total. The number of carbonyl (C=O) groups is 1. The molecule has 1 aliphatic rings. The fraction of sp³-hybridized carbons (Fsp3) is 0.412. The molecule has 110 valence electrons. The summed E-state index contributed by atoms with van der Waals surface area (Å²) < 4.78 is 2.90. The quantitative estimate of drug-likeness (QED) is 0.824. The summed E-state index contributed by atoms with van der Waals surface area (Å²) in [7, 11) is 0. The smallest absolute Gasteiger partial charge is 0.149 e. The third kappa shape index (κ3) is 2.46. The van der Waals surface area contributed by atoms with Gasteiger partial charge in [-0.15, -0.1) is 0 Å².